The average Bonchev–Trinajstić information content (AvgIpc) is 4.10. The van der Waals surface area contributed by atoms with Crippen molar-refractivity contribution in [3.63, 3.8) is 0 Å². The van der Waals surface area contributed by atoms with E-state index in [9.17, 15) is 25.3 Å². The van der Waals surface area contributed by atoms with E-state index >= 15 is 0 Å². The second-order valence-electron chi connectivity index (χ2n) is 21.1. The zero-order valence-electron chi connectivity index (χ0n) is 44.4. The number of hydrogen-bond donors (Lipinski definition) is 5. The van der Waals surface area contributed by atoms with Crippen molar-refractivity contribution in [2.24, 2.45) is 0 Å². The molecule has 76 heavy (non-hydrogen) atoms. The van der Waals surface area contributed by atoms with Gasteiger partial charge in [0.15, 0.2) is 23.3 Å². The van der Waals surface area contributed by atoms with E-state index in [1.54, 1.807) is 24.3 Å². The molecular weight excluding hydrogens is 1020 g/mol. The van der Waals surface area contributed by atoms with E-state index in [0.29, 0.717) is 92.5 Å². The molecule has 0 aliphatic carbocycles. The van der Waals surface area contributed by atoms with Gasteiger partial charge in [0, 0.05) is 76.3 Å². The van der Waals surface area contributed by atoms with Crippen molar-refractivity contribution in [2.75, 3.05) is 94.6 Å². The molecule has 0 saturated heterocycles. The molecule has 2 aliphatic heterocycles. The number of aromatic amines is 2. The lowest BCUT2D eigenvalue weighted by molar-refractivity contribution is -0.890. The summed E-state index contributed by atoms with van der Waals surface area (Å²) in [6.07, 6.45) is 3.89. The summed E-state index contributed by atoms with van der Waals surface area (Å²) >= 11 is 0. The highest BCUT2D eigenvalue weighted by Gasteiger charge is 2.27. The molecule has 0 fully saturated rings. The van der Waals surface area contributed by atoms with Gasteiger partial charge in [0.25, 0.3) is 0 Å². The Hall–Kier alpha value is -6.15. The molecule has 5 N–H and O–H groups in total. The van der Waals surface area contributed by atoms with E-state index in [-0.39, 0.29) is 57.3 Å². The minimum Gasteiger partial charge on any atom is -0.328 e. The minimum atomic E-state index is -4.04. The highest BCUT2D eigenvalue weighted by atomic mass is 32.2. The number of aromatic nitrogens is 8. The molecule has 5 heterocycles. The largest absolute Gasteiger partial charge is 0.328 e. The van der Waals surface area contributed by atoms with E-state index in [4.69, 9.17) is 29.9 Å². The Morgan fingerprint density at radius 2 is 0.816 bits per heavy atom. The number of nitrogens with zero attached hydrogens (tertiary/aromatic N) is 9. The van der Waals surface area contributed by atoms with Crippen LogP contribution in [0.3, 0.4) is 0 Å². The van der Waals surface area contributed by atoms with Crippen LogP contribution in [0.15, 0.2) is 93.5 Å². The van der Waals surface area contributed by atoms with E-state index in [1.807, 2.05) is 43.3 Å². The van der Waals surface area contributed by atoms with Gasteiger partial charge in [-0.1, -0.05) is 38.1 Å². The maximum Gasteiger partial charge on any atom is 0.240 e. The van der Waals surface area contributed by atoms with Crippen molar-refractivity contribution in [1.82, 2.24) is 58.9 Å². The second kappa shape index (κ2) is 21.7. The monoisotopic (exact) mass is 1090 g/mol. The van der Waals surface area contributed by atoms with Crippen LogP contribution < -0.4 is 14.2 Å². The molecule has 0 atom stereocenters. The smallest absolute Gasteiger partial charge is 0.240 e. The first-order valence-electron chi connectivity index (χ1n) is 25.7. The summed E-state index contributed by atoms with van der Waals surface area (Å²) in [4.78, 5) is 38.8. The van der Waals surface area contributed by atoms with Crippen LogP contribution in [0.4, 0.5) is 0 Å². The van der Waals surface area contributed by atoms with Crippen LogP contribution in [0.25, 0.3) is 89.7 Å². The lowest BCUT2D eigenvalue weighted by Gasteiger charge is -2.29. The third kappa shape index (κ3) is 11.9. The van der Waals surface area contributed by atoms with Gasteiger partial charge < -0.3 is 23.8 Å². The molecule has 402 valence electrons. The third-order valence-electron chi connectivity index (χ3n) is 13.8. The molecule has 23 heteroatoms. The van der Waals surface area contributed by atoms with E-state index in [1.165, 1.54) is 30.3 Å². The number of hydrogen-bond acceptors (Lipinski definition) is 13. The summed E-state index contributed by atoms with van der Waals surface area (Å²) in [6.45, 7) is 9.18. The van der Waals surface area contributed by atoms with Gasteiger partial charge in [-0.2, -0.15) is 0 Å². The van der Waals surface area contributed by atoms with E-state index in [2.05, 4.69) is 66.2 Å². The number of benzene rings is 4. The van der Waals surface area contributed by atoms with Crippen LogP contribution >= 0.6 is 0 Å². The molecule has 0 saturated carbocycles. The molecule has 8 bridgehead atoms. The Labute approximate surface area is 444 Å². The number of nitrogens with one attached hydrogen (secondary N) is 5. The van der Waals surface area contributed by atoms with Gasteiger partial charge in [-0.3, -0.25) is 0 Å². The zero-order chi connectivity index (χ0) is 54.2. The lowest BCUT2D eigenvalue weighted by Crippen LogP contribution is -2.42. The van der Waals surface area contributed by atoms with Crippen LogP contribution in [0.1, 0.15) is 46.0 Å². The first-order chi connectivity index (χ1) is 36.1. The summed E-state index contributed by atoms with van der Waals surface area (Å²) < 4.78 is 93.5. The highest BCUT2D eigenvalue weighted by molar-refractivity contribution is 7.90. The van der Waals surface area contributed by atoms with Crippen molar-refractivity contribution in [3.8, 4) is 45.6 Å². The van der Waals surface area contributed by atoms with Gasteiger partial charge in [0.05, 0.1) is 69.1 Å². The van der Waals surface area contributed by atoms with Crippen molar-refractivity contribution in [3.05, 3.63) is 78.9 Å². The normalized spacial score (nSPS) is 13.2. The Kier molecular flexibility index (Phi) is 15.6. The van der Waals surface area contributed by atoms with Crippen LogP contribution in [0.2, 0.25) is 0 Å². The van der Waals surface area contributed by atoms with Gasteiger partial charge in [-0.15, -0.1) is 0 Å². The maximum absolute atomic E-state index is 14.1. The highest BCUT2D eigenvalue weighted by Crippen LogP contribution is 2.38. The number of quaternary nitrogens is 2. The standard InChI is InChI=1S/C53H68N14O6S3/c1-9-28-66(5,6)30-14-25-55-75(70,71)36-19-22-41-44(33-36)52-61-49(41)59-47-39-17-12-11-16-38(39)46(57-47)58-48-40-21-18-35(74(68,69)54-24-13-27-65(3)4)32-43(40)51(60-48)62-50-42-23-20-37(34-45(42)53(63-50)64-52)76(72,73)56-26-15-31-67(7,8)29-10-2/h11-12,16-23,32-34,54-56H,9-10,13-15,24-31H2,1-8H3,(H2,57,58,59,60,61,62,63,64)/q+2. The molecule has 9 rings (SSSR count). The van der Waals surface area contributed by atoms with Gasteiger partial charge >= 0.3 is 0 Å². The SMILES string of the molecule is CCC[N+](C)(C)CCCNS(=O)(=O)c1ccc2c(c1)-c1nc-2nc2[nH]c(nc3nc(nc4[nH]c(n1)c1cc(S(=O)(=O)NCCC[N+](C)(C)CCC)ccc41)-c1ccccc1-3)c1ccc(S(=O)(=O)NCCCN(C)C)cc21. The summed E-state index contributed by atoms with van der Waals surface area (Å²) in [5.74, 6) is 0.878. The van der Waals surface area contributed by atoms with Crippen LogP contribution in [-0.2, 0) is 30.1 Å². The molecule has 3 aromatic heterocycles. The van der Waals surface area contributed by atoms with Crippen molar-refractivity contribution >= 4 is 74.2 Å². The number of rotatable bonds is 22. The predicted molar refractivity (Wildman–Crippen MR) is 298 cm³/mol. The summed E-state index contributed by atoms with van der Waals surface area (Å²) in [5, 5.41) is 1.92. The van der Waals surface area contributed by atoms with Gasteiger partial charge in [-0.05, 0) is 94.5 Å². The fourth-order valence-electron chi connectivity index (χ4n) is 9.90. The molecule has 0 amide bonds. The van der Waals surface area contributed by atoms with Crippen LogP contribution in [-0.4, -0.2) is 174 Å². The molecular formula is C53H68N14O6S3+2. The molecule has 0 radical (unpaired) electrons. The first-order valence-corrected chi connectivity index (χ1v) is 30.1. The Bertz CT molecular complexity index is 3880. The molecule has 20 nitrogen and oxygen atoms in total. The first kappa shape index (κ1) is 54.6. The van der Waals surface area contributed by atoms with E-state index in [0.717, 1.165) is 48.0 Å². The Balaban J connectivity index is 1.25. The second-order valence-corrected chi connectivity index (χ2v) is 26.4. The minimum absolute atomic E-state index is 0.0138. The van der Waals surface area contributed by atoms with Crippen molar-refractivity contribution in [1.29, 1.82) is 0 Å². The third-order valence-corrected chi connectivity index (χ3v) is 18.2. The number of sulfonamides is 3. The predicted octanol–water partition coefficient (Wildman–Crippen LogP) is 6.41. The molecule has 4 aromatic carbocycles. The zero-order valence-corrected chi connectivity index (χ0v) is 46.8. The fraction of sp³-hybridized carbons (Fsp3) is 0.396. The quantitative estimate of drug-likeness (QED) is 0.0364. The van der Waals surface area contributed by atoms with Crippen LogP contribution in [0.5, 0.6) is 0 Å². The van der Waals surface area contributed by atoms with Crippen molar-refractivity contribution < 1.29 is 34.2 Å². The van der Waals surface area contributed by atoms with Gasteiger partial charge in [-0.25, -0.2) is 69.3 Å². The molecule has 0 unspecified atom stereocenters. The molecule has 7 aromatic rings. The Morgan fingerprint density at radius 1 is 0.447 bits per heavy atom. The maximum atomic E-state index is 14.1. The summed E-state index contributed by atoms with van der Waals surface area (Å²) in [5.41, 5.74) is 3.24. The Morgan fingerprint density at radius 3 is 1.24 bits per heavy atom. The lowest BCUT2D eigenvalue weighted by atomic mass is 10.1. The summed E-state index contributed by atoms with van der Waals surface area (Å²) in [6, 6.07) is 21.6. The van der Waals surface area contributed by atoms with Gasteiger partial charge in [0.1, 0.15) is 22.6 Å². The fourth-order valence-corrected chi connectivity index (χ4v) is 13.2. The molecule has 0 spiro atoms. The van der Waals surface area contributed by atoms with E-state index < -0.39 is 30.1 Å². The van der Waals surface area contributed by atoms with Crippen LogP contribution in [0, 0.1) is 0 Å². The number of fused-ring (bicyclic) bond motifs is 20. The topological polar surface area (TPSA) is 251 Å². The average molecular weight is 1090 g/mol. The summed E-state index contributed by atoms with van der Waals surface area (Å²) in [7, 11) is 0.355. The van der Waals surface area contributed by atoms with Crippen molar-refractivity contribution in [2.45, 2.75) is 60.6 Å². The molecule has 2 aliphatic rings. The number of H-pyrrole nitrogens is 2. The van der Waals surface area contributed by atoms with Gasteiger partial charge in [0.2, 0.25) is 30.1 Å².